The van der Waals surface area contributed by atoms with Gasteiger partial charge in [0.2, 0.25) is 5.96 Å². The average Bonchev–Trinajstić information content (AvgIpc) is 2.25. The third-order valence-electron chi connectivity index (χ3n) is 2.20. The van der Waals surface area contributed by atoms with Crippen molar-refractivity contribution in [2.45, 2.75) is 6.42 Å². The molecule has 1 rings (SSSR count). The first-order valence-electron chi connectivity index (χ1n) is 4.92. The number of hydrazine groups is 1. The van der Waals surface area contributed by atoms with Crippen LogP contribution >= 0.6 is 34.0 Å². The molecule has 98 valence electrons. The molecule has 1 heterocycles. The van der Waals surface area contributed by atoms with E-state index in [0.717, 1.165) is 45.8 Å². The van der Waals surface area contributed by atoms with Gasteiger partial charge in [0.15, 0.2) is 0 Å². The maximum Gasteiger partial charge on any atom is 0.202 e. The van der Waals surface area contributed by atoms with E-state index in [0.29, 0.717) is 0 Å². The van der Waals surface area contributed by atoms with Crippen LogP contribution in [-0.4, -0.2) is 50.3 Å². The van der Waals surface area contributed by atoms with Crippen molar-refractivity contribution in [3.63, 3.8) is 0 Å². The molecule has 1 saturated heterocycles. The summed E-state index contributed by atoms with van der Waals surface area (Å²) in [7, 11) is 0. The lowest BCUT2D eigenvalue weighted by molar-refractivity contribution is 0.0376. The van der Waals surface area contributed by atoms with Crippen LogP contribution in [0.3, 0.4) is 0 Å². The van der Waals surface area contributed by atoms with Crippen molar-refractivity contribution in [1.29, 1.82) is 5.41 Å². The highest BCUT2D eigenvalue weighted by molar-refractivity contribution is 8.93. The molecule has 0 radical (unpaired) electrons. The van der Waals surface area contributed by atoms with Gasteiger partial charge in [-0.2, -0.15) is 0 Å². The first-order valence-corrected chi connectivity index (χ1v) is 4.92. The van der Waals surface area contributed by atoms with E-state index in [1.807, 2.05) is 0 Å². The molecule has 0 amide bonds. The van der Waals surface area contributed by atoms with Crippen molar-refractivity contribution in [2.24, 2.45) is 5.84 Å². The first kappa shape index (κ1) is 18.5. The number of nitrogens with zero attached hydrogens (tertiary/aromatic N) is 1. The summed E-state index contributed by atoms with van der Waals surface area (Å²) in [5.74, 6) is 5.21. The largest absolute Gasteiger partial charge is 0.379 e. The number of nitrogens with one attached hydrogen (secondary N) is 3. The fourth-order valence-electron chi connectivity index (χ4n) is 1.39. The summed E-state index contributed by atoms with van der Waals surface area (Å²) in [6, 6.07) is 0. The third kappa shape index (κ3) is 8.28. The zero-order valence-electron chi connectivity index (χ0n) is 9.20. The van der Waals surface area contributed by atoms with Crippen molar-refractivity contribution in [3.05, 3.63) is 0 Å². The number of rotatable bonds is 4. The van der Waals surface area contributed by atoms with E-state index in [-0.39, 0.29) is 39.9 Å². The molecular weight excluding hydrogens is 342 g/mol. The van der Waals surface area contributed by atoms with Gasteiger partial charge in [0.25, 0.3) is 0 Å². The summed E-state index contributed by atoms with van der Waals surface area (Å²) >= 11 is 0. The van der Waals surface area contributed by atoms with E-state index < -0.39 is 0 Å². The Morgan fingerprint density at radius 3 is 2.50 bits per heavy atom. The minimum Gasteiger partial charge on any atom is -0.379 e. The molecule has 0 aromatic carbocycles. The van der Waals surface area contributed by atoms with Crippen LogP contribution in [0.1, 0.15) is 6.42 Å². The van der Waals surface area contributed by atoms with Gasteiger partial charge < -0.3 is 10.1 Å². The molecule has 0 unspecified atom stereocenters. The standard InChI is InChI=1S/C8H19N5O.2BrH/c9-8(12-10)11-2-1-3-13-4-6-14-7-5-13;;/h1-7,10H2,(H3,9,11,12);2*1H. The van der Waals surface area contributed by atoms with E-state index in [4.69, 9.17) is 16.0 Å². The predicted octanol–water partition coefficient (Wildman–Crippen LogP) is -0.148. The molecule has 5 N–H and O–H groups in total. The monoisotopic (exact) mass is 361 g/mol. The highest BCUT2D eigenvalue weighted by Gasteiger charge is 2.08. The Morgan fingerprint density at radius 2 is 1.94 bits per heavy atom. The first-order chi connectivity index (χ1) is 6.83. The lowest BCUT2D eigenvalue weighted by Gasteiger charge is -2.26. The summed E-state index contributed by atoms with van der Waals surface area (Å²) in [4.78, 5) is 2.37. The maximum absolute atomic E-state index is 7.18. The molecule has 1 aliphatic rings. The van der Waals surface area contributed by atoms with Crippen LogP contribution in [0.4, 0.5) is 0 Å². The number of nitrogens with two attached hydrogens (primary N) is 1. The van der Waals surface area contributed by atoms with Crippen LogP contribution in [-0.2, 0) is 4.74 Å². The minimum atomic E-state index is 0. The number of ether oxygens (including phenoxy) is 1. The second-order valence-electron chi connectivity index (χ2n) is 3.25. The smallest absolute Gasteiger partial charge is 0.202 e. The molecule has 0 aromatic rings. The van der Waals surface area contributed by atoms with E-state index in [1.165, 1.54) is 0 Å². The predicted molar refractivity (Wildman–Crippen MR) is 75.6 cm³/mol. The summed E-state index contributed by atoms with van der Waals surface area (Å²) in [5.41, 5.74) is 2.24. The molecule has 0 aliphatic carbocycles. The second kappa shape index (κ2) is 11.6. The molecule has 6 nitrogen and oxygen atoms in total. The van der Waals surface area contributed by atoms with Crippen molar-refractivity contribution in [2.75, 3.05) is 39.4 Å². The Hall–Kier alpha value is 0.110. The molecule has 0 bridgehead atoms. The Kier molecular flexibility index (Phi) is 13.4. The highest BCUT2D eigenvalue weighted by atomic mass is 79.9. The van der Waals surface area contributed by atoms with Gasteiger partial charge in [-0.25, -0.2) is 5.84 Å². The quantitative estimate of drug-likeness (QED) is 0.184. The number of halogens is 2. The van der Waals surface area contributed by atoms with E-state index >= 15 is 0 Å². The maximum atomic E-state index is 7.18. The topological polar surface area (TPSA) is 86.4 Å². The van der Waals surface area contributed by atoms with Gasteiger partial charge in [-0.1, -0.05) is 0 Å². The average molecular weight is 363 g/mol. The third-order valence-corrected chi connectivity index (χ3v) is 2.20. The highest BCUT2D eigenvalue weighted by Crippen LogP contribution is 1.96. The Bertz CT molecular complexity index is 178. The van der Waals surface area contributed by atoms with Gasteiger partial charge in [0.05, 0.1) is 13.2 Å². The molecule has 8 heteroatoms. The lowest BCUT2D eigenvalue weighted by atomic mass is 10.3. The minimum absolute atomic E-state index is 0. The van der Waals surface area contributed by atoms with E-state index in [9.17, 15) is 0 Å². The van der Waals surface area contributed by atoms with Crippen molar-refractivity contribution in [3.8, 4) is 0 Å². The zero-order chi connectivity index (χ0) is 10.2. The Balaban J connectivity index is 0. The van der Waals surface area contributed by atoms with Crippen LogP contribution < -0.4 is 16.6 Å². The van der Waals surface area contributed by atoms with Crippen LogP contribution in [0.2, 0.25) is 0 Å². The lowest BCUT2D eigenvalue weighted by Crippen LogP contribution is -2.42. The SMILES string of the molecule is Br.Br.N=C(NN)NCCCN1CCOCC1. The Morgan fingerprint density at radius 1 is 1.31 bits per heavy atom. The summed E-state index contributed by atoms with van der Waals surface area (Å²) in [5, 5.41) is 10.0. The Labute approximate surface area is 117 Å². The van der Waals surface area contributed by atoms with Crippen molar-refractivity contribution < 1.29 is 4.74 Å². The second-order valence-corrected chi connectivity index (χ2v) is 3.25. The normalized spacial score (nSPS) is 15.6. The van der Waals surface area contributed by atoms with Gasteiger partial charge >= 0.3 is 0 Å². The van der Waals surface area contributed by atoms with E-state index in [2.05, 4.69) is 15.6 Å². The zero-order valence-corrected chi connectivity index (χ0v) is 12.6. The van der Waals surface area contributed by atoms with Gasteiger partial charge in [-0.15, -0.1) is 34.0 Å². The fraction of sp³-hybridized carbons (Fsp3) is 0.875. The number of guanidine groups is 1. The molecule has 0 saturated carbocycles. The van der Waals surface area contributed by atoms with E-state index in [1.54, 1.807) is 0 Å². The van der Waals surface area contributed by atoms with Crippen LogP contribution in [0.25, 0.3) is 0 Å². The van der Waals surface area contributed by atoms with Crippen molar-refractivity contribution >= 4 is 39.9 Å². The fourth-order valence-corrected chi connectivity index (χ4v) is 1.39. The molecule has 1 fully saturated rings. The molecule has 0 atom stereocenters. The van der Waals surface area contributed by atoms with Crippen LogP contribution in [0.5, 0.6) is 0 Å². The van der Waals surface area contributed by atoms with Crippen LogP contribution in [0.15, 0.2) is 0 Å². The van der Waals surface area contributed by atoms with Crippen LogP contribution in [0, 0.1) is 5.41 Å². The van der Waals surface area contributed by atoms with Gasteiger partial charge in [-0.3, -0.25) is 15.7 Å². The molecular formula is C8H21Br2N5O. The number of morpholine rings is 1. The molecule has 16 heavy (non-hydrogen) atoms. The van der Waals surface area contributed by atoms with Gasteiger partial charge in [-0.05, 0) is 13.0 Å². The van der Waals surface area contributed by atoms with Crippen molar-refractivity contribution in [1.82, 2.24) is 15.6 Å². The summed E-state index contributed by atoms with van der Waals surface area (Å²) in [6.07, 6.45) is 1.02. The summed E-state index contributed by atoms with van der Waals surface area (Å²) in [6.45, 7) is 5.55. The molecule has 0 aromatic heterocycles. The molecule has 0 spiro atoms. The molecule has 1 aliphatic heterocycles. The number of hydrogen-bond acceptors (Lipinski definition) is 4. The van der Waals surface area contributed by atoms with Gasteiger partial charge in [0.1, 0.15) is 0 Å². The number of hydrogen-bond donors (Lipinski definition) is 4. The van der Waals surface area contributed by atoms with Gasteiger partial charge in [0, 0.05) is 19.6 Å². The summed E-state index contributed by atoms with van der Waals surface area (Å²) < 4.78 is 5.24.